The van der Waals surface area contributed by atoms with E-state index in [1.807, 2.05) is 0 Å². The first-order chi connectivity index (χ1) is 10.2. The summed E-state index contributed by atoms with van der Waals surface area (Å²) >= 11 is 0. The van der Waals surface area contributed by atoms with Crippen molar-refractivity contribution in [2.75, 3.05) is 13.2 Å². The Balaban J connectivity index is 1.76. The fourth-order valence-corrected chi connectivity index (χ4v) is 1.76. The monoisotopic (exact) mass is 290 g/mol. The van der Waals surface area contributed by atoms with E-state index in [0.29, 0.717) is 31.1 Å². The van der Waals surface area contributed by atoms with Crippen LogP contribution in [0.25, 0.3) is 0 Å². The van der Waals surface area contributed by atoms with Gasteiger partial charge in [-0.3, -0.25) is 0 Å². The summed E-state index contributed by atoms with van der Waals surface area (Å²) in [6.07, 6.45) is 0.560. The second-order valence-corrected chi connectivity index (χ2v) is 4.31. The normalized spacial score (nSPS) is 10.1. The second-order valence-electron chi connectivity index (χ2n) is 4.31. The van der Waals surface area contributed by atoms with Crippen LogP contribution in [0.2, 0.25) is 0 Å². The lowest BCUT2D eigenvalue weighted by Gasteiger charge is -2.09. The van der Waals surface area contributed by atoms with Gasteiger partial charge in [-0.15, -0.1) is 0 Å². The van der Waals surface area contributed by atoms with E-state index in [1.54, 1.807) is 30.3 Å². The van der Waals surface area contributed by atoms with E-state index in [9.17, 15) is 9.18 Å². The molecule has 0 amide bonds. The van der Waals surface area contributed by atoms with Crippen LogP contribution in [0, 0.1) is 5.82 Å². The van der Waals surface area contributed by atoms with E-state index in [-0.39, 0.29) is 11.4 Å². The number of carbonyl (C=O) groups is 1. The van der Waals surface area contributed by atoms with Gasteiger partial charge in [0, 0.05) is 12.5 Å². The van der Waals surface area contributed by atoms with E-state index >= 15 is 0 Å². The average molecular weight is 290 g/mol. The molecule has 5 heteroatoms. The number of benzene rings is 2. The third-order valence-electron chi connectivity index (χ3n) is 2.73. The second kappa shape index (κ2) is 7.28. The van der Waals surface area contributed by atoms with Gasteiger partial charge in [0.1, 0.15) is 22.9 Å². The zero-order chi connectivity index (χ0) is 15.1. The van der Waals surface area contributed by atoms with Crippen molar-refractivity contribution in [2.24, 2.45) is 0 Å². The van der Waals surface area contributed by atoms with Crippen molar-refractivity contribution >= 4 is 5.97 Å². The van der Waals surface area contributed by atoms with Crippen LogP contribution in [-0.2, 0) is 0 Å². The Morgan fingerprint density at radius 2 is 1.81 bits per heavy atom. The quantitative estimate of drug-likeness (QED) is 0.794. The molecule has 0 saturated heterocycles. The van der Waals surface area contributed by atoms with Crippen LogP contribution in [0.15, 0.2) is 48.5 Å². The molecule has 2 aromatic carbocycles. The lowest BCUT2D eigenvalue weighted by Crippen LogP contribution is -2.07. The Morgan fingerprint density at radius 1 is 1.05 bits per heavy atom. The zero-order valence-corrected chi connectivity index (χ0v) is 11.3. The molecule has 0 aliphatic rings. The first-order valence-electron chi connectivity index (χ1n) is 6.50. The highest BCUT2D eigenvalue weighted by molar-refractivity contribution is 5.90. The largest absolute Gasteiger partial charge is 0.493 e. The molecule has 0 unspecified atom stereocenters. The predicted molar refractivity (Wildman–Crippen MR) is 75.4 cm³/mol. The van der Waals surface area contributed by atoms with Crippen LogP contribution < -0.4 is 9.47 Å². The number of hydrogen-bond donors (Lipinski definition) is 1. The highest BCUT2D eigenvalue weighted by Crippen LogP contribution is 2.18. The molecule has 0 saturated carbocycles. The summed E-state index contributed by atoms with van der Waals surface area (Å²) in [6.45, 7) is 0.679. The van der Waals surface area contributed by atoms with Gasteiger partial charge in [-0.1, -0.05) is 18.2 Å². The molecule has 0 fully saturated rings. The van der Waals surface area contributed by atoms with Gasteiger partial charge < -0.3 is 14.6 Å². The summed E-state index contributed by atoms with van der Waals surface area (Å²) in [5.41, 5.74) is 0.128. The Labute approximate surface area is 121 Å². The van der Waals surface area contributed by atoms with E-state index < -0.39 is 5.97 Å². The molecule has 110 valence electrons. The fourth-order valence-electron chi connectivity index (χ4n) is 1.76. The van der Waals surface area contributed by atoms with Gasteiger partial charge >= 0.3 is 5.97 Å². The maximum absolute atomic E-state index is 12.9. The molecule has 2 rings (SSSR count). The highest BCUT2D eigenvalue weighted by atomic mass is 19.1. The van der Waals surface area contributed by atoms with Crippen molar-refractivity contribution < 1.29 is 23.8 Å². The third kappa shape index (κ3) is 4.49. The smallest absolute Gasteiger partial charge is 0.339 e. The Kier molecular flexibility index (Phi) is 5.15. The van der Waals surface area contributed by atoms with Crippen molar-refractivity contribution in [3.63, 3.8) is 0 Å². The minimum atomic E-state index is -1.03. The van der Waals surface area contributed by atoms with Gasteiger partial charge in [0.25, 0.3) is 0 Å². The molecule has 1 N–H and O–H groups in total. The van der Waals surface area contributed by atoms with E-state index in [1.165, 1.54) is 18.2 Å². The van der Waals surface area contributed by atoms with Gasteiger partial charge in [0.2, 0.25) is 0 Å². The number of halogens is 1. The Morgan fingerprint density at radius 3 is 2.57 bits per heavy atom. The minimum absolute atomic E-state index is 0.128. The van der Waals surface area contributed by atoms with Crippen LogP contribution >= 0.6 is 0 Å². The number of carboxylic acid groups (broad SMARTS) is 1. The van der Waals surface area contributed by atoms with Gasteiger partial charge in [-0.25, -0.2) is 9.18 Å². The summed E-state index contributed by atoms with van der Waals surface area (Å²) in [4.78, 5) is 11.0. The SMILES string of the molecule is O=C(O)c1ccccc1OCCCOc1cccc(F)c1. The molecular weight excluding hydrogens is 275 g/mol. The molecule has 4 nitrogen and oxygen atoms in total. The molecule has 0 bridgehead atoms. The molecule has 0 atom stereocenters. The molecule has 0 aliphatic carbocycles. The van der Waals surface area contributed by atoms with Crippen LogP contribution in [-0.4, -0.2) is 24.3 Å². The molecule has 2 aromatic rings. The number of para-hydroxylation sites is 1. The van der Waals surface area contributed by atoms with Crippen molar-refractivity contribution in [3.05, 3.63) is 59.9 Å². The standard InChI is InChI=1S/C16H15FO4/c17-12-5-3-6-13(11-12)20-9-4-10-21-15-8-2-1-7-14(15)16(18)19/h1-3,5-8,11H,4,9-10H2,(H,18,19). The van der Waals surface area contributed by atoms with Gasteiger partial charge in [0.15, 0.2) is 0 Å². The van der Waals surface area contributed by atoms with E-state index in [2.05, 4.69) is 0 Å². The summed E-state index contributed by atoms with van der Waals surface area (Å²) in [5, 5.41) is 9.00. The molecule has 21 heavy (non-hydrogen) atoms. The van der Waals surface area contributed by atoms with E-state index in [0.717, 1.165) is 0 Å². The molecule has 0 aromatic heterocycles. The molecule has 0 heterocycles. The Hall–Kier alpha value is -2.56. The first kappa shape index (κ1) is 14.8. The van der Waals surface area contributed by atoms with Crippen molar-refractivity contribution in [1.29, 1.82) is 0 Å². The van der Waals surface area contributed by atoms with Crippen LogP contribution in [0.5, 0.6) is 11.5 Å². The first-order valence-corrected chi connectivity index (χ1v) is 6.50. The minimum Gasteiger partial charge on any atom is -0.493 e. The number of aromatic carboxylic acids is 1. The van der Waals surface area contributed by atoms with Gasteiger partial charge in [0.05, 0.1) is 13.2 Å². The van der Waals surface area contributed by atoms with Gasteiger partial charge in [-0.05, 0) is 24.3 Å². The molecular formula is C16H15FO4. The highest BCUT2D eigenvalue weighted by Gasteiger charge is 2.09. The lowest BCUT2D eigenvalue weighted by molar-refractivity contribution is 0.0692. The van der Waals surface area contributed by atoms with Crippen LogP contribution in [0.4, 0.5) is 4.39 Å². The van der Waals surface area contributed by atoms with E-state index in [4.69, 9.17) is 14.6 Å². The summed E-state index contributed by atoms with van der Waals surface area (Å²) < 4.78 is 23.7. The van der Waals surface area contributed by atoms with Gasteiger partial charge in [-0.2, -0.15) is 0 Å². The average Bonchev–Trinajstić information content (AvgIpc) is 2.47. The molecule has 0 spiro atoms. The van der Waals surface area contributed by atoms with Crippen molar-refractivity contribution in [2.45, 2.75) is 6.42 Å². The number of hydrogen-bond acceptors (Lipinski definition) is 3. The Bertz CT molecular complexity index is 613. The third-order valence-corrected chi connectivity index (χ3v) is 2.73. The van der Waals surface area contributed by atoms with Crippen molar-refractivity contribution in [1.82, 2.24) is 0 Å². The summed E-state index contributed by atoms with van der Waals surface area (Å²) in [5.74, 6) is -0.586. The molecule has 0 radical (unpaired) electrons. The maximum atomic E-state index is 12.9. The predicted octanol–water partition coefficient (Wildman–Crippen LogP) is 3.37. The van der Waals surface area contributed by atoms with Crippen molar-refractivity contribution in [3.8, 4) is 11.5 Å². The summed E-state index contributed by atoms with van der Waals surface area (Å²) in [6, 6.07) is 12.3. The zero-order valence-electron chi connectivity index (χ0n) is 11.3. The molecule has 0 aliphatic heterocycles. The number of rotatable bonds is 7. The lowest BCUT2D eigenvalue weighted by atomic mass is 10.2. The topological polar surface area (TPSA) is 55.8 Å². The van der Waals surface area contributed by atoms with Crippen LogP contribution in [0.3, 0.4) is 0 Å². The maximum Gasteiger partial charge on any atom is 0.339 e. The number of carboxylic acids is 1. The summed E-state index contributed by atoms with van der Waals surface area (Å²) in [7, 11) is 0. The van der Waals surface area contributed by atoms with Crippen LogP contribution in [0.1, 0.15) is 16.8 Å². The number of ether oxygens (including phenoxy) is 2. The fraction of sp³-hybridized carbons (Fsp3) is 0.188.